The number of H-pyrrole nitrogens is 2. The second kappa shape index (κ2) is 11.0. The number of aromatic amines is 2. The summed E-state index contributed by atoms with van der Waals surface area (Å²) < 4.78 is 5.32. The maximum atomic E-state index is 5.32. The summed E-state index contributed by atoms with van der Waals surface area (Å²) >= 11 is 0. The van der Waals surface area contributed by atoms with Gasteiger partial charge < -0.3 is 20.0 Å². The van der Waals surface area contributed by atoms with Crippen molar-refractivity contribution in [2.24, 2.45) is 4.99 Å². The molecule has 0 aliphatic carbocycles. The molecule has 0 spiro atoms. The number of furan rings is 1. The lowest BCUT2D eigenvalue weighted by molar-refractivity contribution is 0.577. The third-order valence-electron chi connectivity index (χ3n) is 5.11. The summed E-state index contributed by atoms with van der Waals surface area (Å²) in [5, 5.41) is 15.1. The van der Waals surface area contributed by atoms with E-state index in [0.29, 0.717) is 24.6 Å². The Balaban J connectivity index is 0.00000272. The van der Waals surface area contributed by atoms with Crippen LogP contribution in [-0.4, -0.2) is 46.3 Å². The van der Waals surface area contributed by atoms with Gasteiger partial charge in [-0.15, -0.1) is 24.0 Å². The van der Waals surface area contributed by atoms with E-state index in [1.165, 1.54) is 22.0 Å². The van der Waals surface area contributed by atoms with Gasteiger partial charge in [0.1, 0.15) is 5.82 Å². The molecule has 31 heavy (non-hydrogen) atoms. The zero-order valence-corrected chi connectivity index (χ0v) is 20.1. The number of aryl methyl sites for hydroxylation is 1. The topological polar surface area (TPSA) is 107 Å². The molecule has 4 aromatic rings. The van der Waals surface area contributed by atoms with Gasteiger partial charge in [-0.2, -0.15) is 5.10 Å². The Kier molecular flexibility index (Phi) is 8.10. The molecule has 0 atom stereocenters. The lowest BCUT2D eigenvalue weighted by Gasteiger charge is -2.11. The Labute approximate surface area is 198 Å². The van der Waals surface area contributed by atoms with Gasteiger partial charge in [0, 0.05) is 43.7 Å². The van der Waals surface area contributed by atoms with Crippen molar-refractivity contribution in [3.05, 3.63) is 59.7 Å². The fraction of sp³-hybridized carbons (Fsp3) is 0.318. The maximum absolute atomic E-state index is 5.32. The van der Waals surface area contributed by atoms with Gasteiger partial charge in [-0.25, -0.2) is 4.98 Å². The average molecular weight is 533 g/mol. The number of hydrogen-bond donors (Lipinski definition) is 4. The number of aliphatic imine (C=N–C) groups is 1. The summed E-state index contributed by atoms with van der Waals surface area (Å²) in [5.74, 6) is 2.80. The van der Waals surface area contributed by atoms with E-state index in [1.807, 2.05) is 12.1 Å². The number of guanidine groups is 1. The molecule has 3 heterocycles. The van der Waals surface area contributed by atoms with Crippen molar-refractivity contribution in [1.82, 2.24) is 30.8 Å². The predicted molar refractivity (Wildman–Crippen MR) is 134 cm³/mol. The molecular formula is C22H28IN7O. The third kappa shape index (κ3) is 5.46. The molecule has 0 unspecified atom stereocenters. The quantitative estimate of drug-likeness (QED) is 0.157. The number of para-hydroxylation sites is 1. The molecule has 0 aliphatic heterocycles. The van der Waals surface area contributed by atoms with Gasteiger partial charge in [0.25, 0.3) is 0 Å². The Morgan fingerprint density at radius 3 is 2.68 bits per heavy atom. The van der Waals surface area contributed by atoms with E-state index in [9.17, 15) is 0 Å². The zero-order chi connectivity index (χ0) is 20.8. The minimum absolute atomic E-state index is 0. The molecule has 0 saturated heterocycles. The molecule has 4 N–H and O–H groups in total. The van der Waals surface area contributed by atoms with Crippen LogP contribution in [0, 0.1) is 0 Å². The summed E-state index contributed by atoms with van der Waals surface area (Å²) in [4.78, 5) is 12.2. The Morgan fingerprint density at radius 2 is 1.94 bits per heavy atom. The summed E-state index contributed by atoms with van der Waals surface area (Å²) in [6, 6.07) is 10.2. The Morgan fingerprint density at radius 1 is 1.10 bits per heavy atom. The van der Waals surface area contributed by atoms with Crippen LogP contribution >= 0.6 is 24.0 Å². The summed E-state index contributed by atoms with van der Waals surface area (Å²) in [6.07, 6.45) is 6.38. The monoisotopic (exact) mass is 533 g/mol. The Hall–Kier alpha value is -2.82. The van der Waals surface area contributed by atoms with Crippen molar-refractivity contribution < 1.29 is 4.42 Å². The van der Waals surface area contributed by atoms with Crippen molar-refractivity contribution >= 4 is 40.8 Å². The van der Waals surface area contributed by atoms with Gasteiger partial charge in [0.15, 0.2) is 11.7 Å². The molecule has 8 nitrogen and oxygen atoms in total. The van der Waals surface area contributed by atoms with Crippen LogP contribution in [0.3, 0.4) is 0 Å². The van der Waals surface area contributed by atoms with Crippen LogP contribution in [0.2, 0.25) is 0 Å². The van der Waals surface area contributed by atoms with E-state index in [1.54, 1.807) is 13.3 Å². The highest BCUT2D eigenvalue weighted by Gasteiger charge is 2.09. The first-order valence-corrected chi connectivity index (χ1v) is 10.3. The van der Waals surface area contributed by atoms with E-state index in [-0.39, 0.29) is 24.0 Å². The van der Waals surface area contributed by atoms with Crippen LogP contribution in [0.25, 0.3) is 22.5 Å². The number of aromatic nitrogens is 4. The molecule has 0 fully saturated rings. The van der Waals surface area contributed by atoms with Crippen molar-refractivity contribution in [3.8, 4) is 11.6 Å². The Bertz CT molecular complexity index is 1110. The number of fused-ring (bicyclic) bond motifs is 1. The highest BCUT2D eigenvalue weighted by molar-refractivity contribution is 14.0. The van der Waals surface area contributed by atoms with Gasteiger partial charge in [-0.1, -0.05) is 25.1 Å². The molecule has 4 rings (SSSR count). The van der Waals surface area contributed by atoms with Crippen molar-refractivity contribution in [1.29, 1.82) is 0 Å². The van der Waals surface area contributed by atoms with Crippen molar-refractivity contribution in [3.63, 3.8) is 0 Å². The number of benzene rings is 1. The molecule has 3 aromatic heterocycles. The predicted octanol–water partition coefficient (Wildman–Crippen LogP) is 3.68. The van der Waals surface area contributed by atoms with Gasteiger partial charge in [-0.3, -0.25) is 10.1 Å². The zero-order valence-electron chi connectivity index (χ0n) is 17.7. The summed E-state index contributed by atoms with van der Waals surface area (Å²) in [5.41, 5.74) is 3.92. The molecule has 0 bridgehead atoms. The fourth-order valence-electron chi connectivity index (χ4n) is 3.54. The average Bonchev–Trinajstić information content (AvgIpc) is 3.53. The number of halogens is 1. The third-order valence-corrected chi connectivity index (χ3v) is 5.11. The lowest BCUT2D eigenvalue weighted by Crippen LogP contribution is -2.39. The second-order valence-electron chi connectivity index (χ2n) is 7.02. The molecule has 164 valence electrons. The fourth-order valence-corrected chi connectivity index (χ4v) is 3.54. The van der Waals surface area contributed by atoms with Crippen LogP contribution in [0.1, 0.15) is 23.9 Å². The summed E-state index contributed by atoms with van der Waals surface area (Å²) in [7, 11) is 1.78. The van der Waals surface area contributed by atoms with Crippen molar-refractivity contribution in [2.45, 2.75) is 26.2 Å². The van der Waals surface area contributed by atoms with Gasteiger partial charge in [0.05, 0.1) is 6.26 Å². The van der Waals surface area contributed by atoms with Crippen LogP contribution in [0.4, 0.5) is 0 Å². The van der Waals surface area contributed by atoms with Crippen LogP contribution < -0.4 is 10.6 Å². The van der Waals surface area contributed by atoms with Crippen molar-refractivity contribution in [2.75, 3.05) is 20.1 Å². The van der Waals surface area contributed by atoms with Gasteiger partial charge >= 0.3 is 0 Å². The van der Waals surface area contributed by atoms with E-state index in [4.69, 9.17) is 4.42 Å². The number of nitrogens with one attached hydrogen (secondary N) is 4. The van der Waals surface area contributed by atoms with E-state index < -0.39 is 0 Å². The standard InChI is InChI=1S/C22H27N7O.HI/c1-3-15-6-4-7-17-16(14-26-20(15)17)9-11-24-22(23-2)25-12-10-19-27-21(29-28-19)18-8-5-13-30-18;/h4-8,13-14,26H,3,9-12H2,1-2H3,(H2,23,24,25)(H,27,28,29);1H. The first-order valence-electron chi connectivity index (χ1n) is 10.3. The second-order valence-corrected chi connectivity index (χ2v) is 7.02. The number of hydrogen-bond acceptors (Lipinski definition) is 4. The highest BCUT2D eigenvalue weighted by atomic mass is 127. The molecule has 0 radical (unpaired) electrons. The first-order chi connectivity index (χ1) is 14.8. The molecule has 1 aromatic carbocycles. The maximum Gasteiger partial charge on any atom is 0.216 e. The van der Waals surface area contributed by atoms with Gasteiger partial charge in [0.2, 0.25) is 5.82 Å². The highest BCUT2D eigenvalue weighted by Crippen LogP contribution is 2.22. The smallest absolute Gasteiger partial charge is 0.216 e. The van der Waals surface area contributed by atoms with Crippen LogP contribution in [0.15, 0.2) is 52.2 Å². The SMILES string of the molecule is CCc1cccc2c(CCNC(=NC)NCCc3nc(-c4ccco4)n[nH]3)c[nH]c12.I. The molecule has 0 aliphatic rings. The number of nitrogens with zero attached hydrogens (tertiary/aromatic N) is 3. The lowest BCUT2D eigenvalue weighted by atomic mass is 10.1. The minimum atomic E-state index is 0. The minimum Gasteiger partial charge on any atom is -0.461 e. The largest absolute Gasteiger partial charge is 0.461 e. The van der Waals surface area contributed by atoms with Gasteiger partial charge in [-0.05, 0) is 36.1 Å². The van der Waals surface area contributed by atoms with Crippen LogP contribution in [-0.2, 0) is 19.3 Å². The first kappa shape index (κ1) is 22.9. The molecular weight excluding hydrogens is 505 g/mol. The van der Waals surface area contributed by atoms with Crippen LogP contribution in [0.5, 0.6) is 0 Å². The molecule has 9 heteroatoms. The van der Waals surface area contributed by atoms with E-state index in [2.05, 4.69) is 67.1 Å². The molecule has 0 saturated carbocycles. The van der Waals surface area contributed by atoms with E-state index in [0.717, 1.165) is 31.2 Å². The normalized spacial score (nSPS) is 11.5. The summed E-state index contributed by atoms with van der Waals surface area (Å²) in [6.45, 7) is 3.68. The molecule has 0 amide bonds. The number of rotatable bonds is 8. The van der Waals surface area contributed by atoms with E-state index >= 15 is 0 Å².